The van der Waals surface area contributed by atoms with Crippen LogP contribution in [0.4, 0.5) is 8.78 Å². The van der Waals surface area contributed by atoms with Crippen molar-refractivity contribution in [3.63, 3.8) is 0 Å². The second-order valence-corrected chi connectivity index (χ2v) is 5.81. The quantitative estimate of drug-likeness (QED) is 0.577. The Morgan fingerprint density at radius 2 is 1.74 bits per heavy atom. The molecule has 0 aliphatic carbocycles. The molecule has 4 nitrogen and oxygen atoms in total. The SMILES string of the molecule is O=C(OCC(F)(F)C(=O)O)c1ccc(-c2ccccc2)cc1I. The highest BCUT2D eigenvalue weighted by Crippen LogP contribution is 2.24. The van der Waals surface area contributed by atoms with Crippen molar-refractivity contribution in [1.82, 2.24) is 0 Å². The Hall–Kier alpha value is -2.03. The largest absolute Gasteiger partial charge is 0.477 e. The minimum absolute atomic E-state index is 0.103. The molecule has 120 valence electrons. The van der Waals surface area contributed by atoms with E-state index in [2.05, 4.69) is 4.74 Å². The number of ether oxygens (including phenoxy) is 1. The van der Waals surface area contributed by atoms with Gasteiger partial charge in [0.25, 0.3) is 0 Å². The van der Waals surface area contributed by atoms with Gasteiger partial charge >= 0.3 is 17.9 Å². The smallest absolute Gasteiger partial charge is 0.378 e. The van der Waals surface area contributed by atoms with Crippen molar-refractivity contribution in [2.75, 3.05) is 6.61 Å². The van der Waals surface area contributed by atoms with Gasteiger partial charge in [-0.2, -0.15) is 8.78 Å². The van der Waals surface area contributed by atoms with E-state index in [0.717, 1.165) is 11.1 Å². The van der Waals surface area contributed by atoms with E-state index >= 15 is 0 Å². The molecule has 0 radical (unpaired) electrons. The number of rotatable bonds is 5. The number of halogens is 3. The molecule has 0 bridgehead atoms. The minimum atomic E-state index is -4.11. The van der Waals surface area contributed by atoms with Gasteiger partial charge in [0, 0.05) is 3.57 Å². The van der Waals surface area contributed by atoms with Gasteiger partial charge in [0.2, 0.25) is 0 Å². The number of carbonyl (C=O) groups excluding carboxylic acids is 1. The lowest BCUT2D eigenvalue weighted by Gasteiger charge is -2.12. The number of aliphatic carboxylic acids is 1. The molecule has 2 aromatic rings. The number of carboxylic acids is 1. The monoisotopic (exact) mass is 432 g/mol. The fourth-order valence-electron chi connectivity index (χ4n) is 1.79. The number of hydrogen-bond donors (Lipinski definition) is 1. The Kier molecular flexibility index (Phi) is 5.30. The molecule has 0 fully saturated rings. The normalized spacial score (nSPS) is 11.1. The molecule has 0 spiro atoms. The van der Waals surface area contributed by atoms with E-state index in [-0.39, 0.29) is 5.56 Å². The number of alkyl halides is 2. The van der Waals surface area contributed by atoms with Gasteiger partial charge in [-0.1, -0.05) is 36.4 Å². The third kappa shape index (κ3) is 4.25. The first kappa shape index (κ1) is 17.3. The molecule has 2 rings (SSSR count). The van der Waals surface area contributed by atoms with Gasteiger partial charge in [0.1, 0.15) is 0 Å². The van der Waals surface area contributed by atoms with Crippen molar-refractivity contribution in [3.8, 4) is 11.1 Å². The predicted molar refractivity (Wildman–Crippen MR) is 87.5 cm³/mol. The van der Waals surface area contributed by atoms with E-state index in [1.54, 1.807) is 12.1 Å². The Labute approximate surface area is 144 Å². The van der Waals surface area contributed by atoms with Crippen molar-refractivity contribution in [2.45, 2.75) is 5.92 Å². The molecule has 0 atom stereocenters. The molecular formula is C16H11F2IO4. The number of benzene rings is 2. The molecule has 23 heavy (non-hydrogen) atoms. The van der Waals surface area contributed by atoms with E-state index in [0.29, 0.717) is 3.57 Å². The highest BCUT2D eigenvalue weighted by Gasteiger charge is 2.40. The van der Waals surface area contributed by atoms with Crippen LogP contribution in [0.5, 0.6) is 0 Å². The van der Waals surface area contributed by atoms with Crippen LogP contribution in [0.1, 0.15) is 10.4 Å². The summed E-state index contributed by atoms with van der Waals surface area (Å²) in [4.78, 5) is 22.1. The maximum absolute atomic E-state index is 12.9. The van der Waals surface area contributed by atoms with E-state index in [9.17, 15) is 18.4 Å². The molecule has 0 heterocycles. The molecule has 0 saturated heterocycles. The number of hydrogen-bond acceptors (Lipinski definition) is 3. The number of carboxylic acid groups (broad SMARTS) is 1. The topological polar surface area (TPSA) is 63.6 Å². The van der Waals surface area contributed by atoms with Gasteiger partial charge in [0.05, 0.1) is 5.56 Å². The highest BCUT2D eigenvalue weighted by molar-refractivity contribution is 14.1. The van der Waals surface area contributed by atoms with Crippen molar-refractivity contribution in [1.29, 1.82) is 0 Å². The molecule has 0 aliphatic rings. The second-order valence-electron chi connectivity index (χ2n) is 4.65. The van der Waals surface area contributed by atoms with Crippen LogP contribution in [-0.4, -0.2) is 29.6 Å². The Morgan fingerprint density at radius 3 is 2.30 bits per heavy atom. The average molecular weight is 432 g/mol. The van der Waals surface area contributed by atoms with Crippen LogP contribution in [0.2, 0.25) is 0 Å². The molecule has 0 amide bonds. The highest BCUT2D eigenvalue weighted by atomic mass is 127. The number of esters is 1. The van der Waals surface area contributed by atoms with Gasteiger partial charge in [-0.25, -0.2) is 9.59 Å². The third-order valence-corrected chi connectivity index (χ3v) is 3.89. The predicted octanol–water partition coefficient (Wildman–Crippen LogP) is 3.83. The van der Waals surface area contributed by atoms with E-state index in [1.165, 1.54) is 6.07 Å². The first-order valence-corrected chi connectivity index (χ1v) is 7.52. The van der Waals surface area contributed by atoms with Crippen molar-refractivity contribution in [3.05, 3.63) is 57.7 Å². The van der Waals surface area contributed by atoms with E-state index in [1.807, 2.05) is 52.9 Å². The van der Waals surface area contributed by atoms with Gasteiger partial charge in [0.15, 0.2) is 6.61 Å². The molecular weight excluding hydrogens is 421 g/mol. The standard InChI is InChI=1S/C16H11F2IO4/c17-16(18,15(21)22)9-23-14(20)12-7-6-11(8-13(12)19)10-4-2-1-3-5-10/h1-8H,9H2,(H,21,22). The summed E-state index contributed by atoms with van der Waals surface area (Å²) in [5, 5.41) is 8.30. The van der Waals surface area contributed by atoms with Crippen molar-refractivity contribution < 1.29 is 28.2 Å². The van der Waals surface area contributed by atoms with E-state index < -0.39 is 24.5 Å². The first-order valence-electron chi connectivity index (χ1n) is 6.44. The van der Waals surface area contributed by atoms with Gasteiger partial charge in [-0.15, -0.1) is 0 Å². The molecule has 0 aliphatic heterocycles. The molecule has 0 unspecified atom stereocenters. The van der Waals surface area contributed by atoms with Gasteiger partial charge in [-0.05, 0) is 45.9 Å². The fourth-order valence-corrected chi connectivity index (χ4v) is 2.52. The van der Waals surface area contributed by atoms with Crippen molar-refractivity contribution >= 4 is 34.5 Å². The van der Waals surface area contributed by atoms with Crippen LogP contribution in [0.15, 0.2) is 48.5 Å². The Morgan fingerprint density at radius 1 is 1.09 bits per heavy atom. The van der Waals surface area contributed by atoms with Crippen LogP contribution >= 0.6 is 22.6 Å². The summed E-state index contributed by atoms with van der Waals surface area (Å²) in [5.41, 5.74) is 1.91. The zero-order valence-corrected chi connectivity index (χ0v) is 13.8. The van der Waals surface area contributed by atoms with Crippen molar-refractivity contribution in [2.24, 2.45) is 0 Å². The lowest BCUT2D eigenvalue weighted by Crippen LogP contribution is -2.34. The summed E-state index contributed by atoms with van der Waals surface area (Å²) in [7, 11) is 0. The van der Waals surface area contributed by atoms with Crippen LogP contribution in [0.25, 0.3) is 11.1 Å². The van der Waals surface area contributed by atoms with Crippen LogP contribution in [-0.2, 0) is 9.53 Å². The van der Waals surface area contributed by atoms with Crippen LogP contribution in [0, 0.1) is 3.57 Å². The lowest BCUT2D eigenvalue weighted by atomic mass is 10.0. The second kappa shape index (κ2) is 7.03. The van der Waals surface area contributed by atoms with Crippen LogP contribution in [0.3, 0.4) is 0 Å². The summed E-state index contributed by atoms with van der Waals surface area (Å²) >= 11 is 1.90. The minimum Gasteiger partial charge on any atom is -0.477 e. The molecule has 0 saturated carbocycles. The average Bonchev–Trinajstić information content (AvgIpc) is 2.53. The van der Waals surface area contributed by atoms with Gasteiger partial charge in [-0.3, -0.25) is 0 Å². The third-order valence-electron chi connectivity index (χ3n) is 2.99. The maximum atomic E-state index is 12.9. The zero-order valence-electron chi connectivity index (χ0n) is 11.6. The maximum Gasteiger partial charge on any atom is 0.378 e. The molecule has 1 N–H and O–H groups in total. The molecule has 0 aromatic heterocycles. The molecule has 7 heteroatoms. The zero-order chi connectivity index (χ0) is 17.0. The lowest BCUT2D eigenvalue weighted by molar-refractivity contribution is -0.170. The van der Waals surface area contributed by atoms with E-state index in [4.69, 9.17) is 5.11 Å². The summed E-state index contributed by atoms with van der Waals surface area (Å²) in [6.07, 6.45) is 0. The fraction of sp³-hybridized carbons (Fsp3) is 0.125. The Bertz CT molecular complexity index is 732. The number of carbonyl (C=O) groups is 2. The summed E-state index contributed by atoms with van der Waals surface area (Å²) < 4.78 is 30.8. The summed E-state index contributed by atoms with van der Waals surface area (Å²) in [6.45, 7) is -1.50. The summed E-state index contributed by atoms with van der Waals surface area (Å²) in [6, 6.07) is 14.3. The summed E-state index contributed by atoms with van der Waals surface area (Å²) in [5.74, 6) is -7.43. The Balaban J connectivity index is 2.15. The van der Waals surface area contributed by atoms with Crippen LogP contribution < -0.4 is 0 Å². The van der Waals surface area contributed by atoms with Gasteiger partial charge < -0.3 is 9.84 Å². The molecule has 2 aromatic carbocycles. The first-order chi connectivity index (χ1) is 10.8.